The fourth-order valence-electron chi connectivity index (χ4n) is 4.23. The molecule has 0 spiro atoms. The first-order chi connectivity index (χ1) is 12.9. The number of pyridine rings is 2. The van der Waals surface area contributed by atoms with Crippen LogP contribution in [0.4, 0.5) is 10.2 Å². The predicted octanol–water partition coefficient (Wildman–Crippen LogP) is 1.70. The highest BCUT2D eigenvalue weighted by molar-refractivity contribution is 5.92. The number of fused-ring (bicyclic) bond motifs is 1. The number of halogens is 1. The van der Waals surface area contributed by atoms with Gasteiger partial charge in [-0.3, -0.25) is 4.79 Å². The van der Waals surface area contributed by atoms with Crippen molar-refractivity contribution in [1.82, 2.24) is 9.55 Å². The molecular weight excluding hydrogens is 351 g/mol. The Balaban J connectivity index is 1.58. The molecule has 5 rings (SSSR count). The van der Waals surface area contributed by atoms with Crippen LogP contribution in [0.2, 0.25) is 0 Å². The van der Waals surface area contributed by atoms with E-state index in [0.29, 0.717) is 18.0 Å². The molecule has 8 heteroatoms. The van der Waals surface area contributed by atoms with E-state index in [1.165, 1.54) is 10.8 Å². The molecule has 7 nitrogen and oxygen atoms in total. The van der Waals surface area contributed by atoms with E-state index in [9.17, 15) is 19.1 Å². The van der Waals surface area contributed by atoms with E-state index in [4.69, 9.17) is 5.73 Å². The lowest BCUT2D eigenvalue weighted by molar-refractivity contribution is 0.0694. The maximum Gasteiger partial charge on any atom is 0.341 e. The molecular formula is C19H21FN4O3. The highest BCUT2D eigenvalue weighted by Crippen LogP contribution is 2.44. The second kappa shape index (κ2) is 5.51. The SMILES string of the molecule is NC1([C@@H]2CCN(c3ccc4c(=O)c(C(=O)O)cn(C5C[C@@H]5F)c4n3)C2)CC1. The Labute approximate surface area is 154 Å². The van der Waals surface area contributed by atoms with Crippen LogP contribution in [0.5, 0.6) is 0 Å². The van der Waals surface area contributed by atoms with Crippen LogP contribution in [0.1, 0.15) is 42.1 Å². The van der Waals surface area contributed by atoms with Gasteiger partial charge in [0.15, 0.2) is 0 Å². The number of aromatic carboxylic acids is 1. The topological polar surface area (TPSA) is 101 Å². The van der Waals surface area contributed by atoms with E-state index < -0.39 is 23.6 Å². The van der Waals surface area contributed by atoms with Crippen molar-refractivity contribution < 1.29 is 14.3 Å². The molecule has 0 aromatic carbocycles. The van der Waals surface area contributed by atoms with Gasteiger partial charge >= 0.3 is 5.97 Å². The second-order valence-corrected chi connectivity index (χ2v) is 8.11. The monoisotopic (exact) mass is 372 g/mol. The first-order valence-corrected chi connectivity index (χ1v) is 9.34. The summed E-state index contributed by atoms with van der Waals surface area (Å²) in [5, 5.41) is 9.52. The van der Waals surface area contributed by atoms with Crippen molar-refractivity contribution in [1.29, 1.82) is 0 Å². The van der Waals surface area contributed by atoms with Gasteiger partial charge in [0.05, 0.1) is 11.4 Å². The smallest absolute Gasteiger partial charge is 0.341 e. The van der Waals surface area contributed by atoms with Crippen molar-refractivity contribution in [2.24, 2.45) is 11.7 Å². The minimum absolute atomic E-state index is 0.0421. The molecule has 142 valence electrons. The van der Waals surface area contributed by atoms with Crippen LogP contribution in [0, 0.1) is 5.92 Å². The van der Waals surface area contributed by atoms with Crippen molar-refractivity contribution in [2.45, 2.75) is 43.4 Å². The average Bonchev–Trinajstić information content (AvgIpc) is 3.50. The van der Waals surface area contributed by atoms with Crippen molar-refractivity contribution >= 4 is 22.8 Å². The summed E-state index contributed by atoms with van der Waals surface area (Å²) in [5.41, 5.74) is 5.72. The number of carbonyl (C=O) groups is 1. The zero-order valence-electron chi connectivity index (χ0n) is 14.8. The van der Waals surface area contributed by atoms with Gasteiger partial charge in [0.1, 0.15) is 23.2 Å². The Bertz CT molecular complexity index is 1020. The van der Waals surface area contributed by atoms with Gasteiger partial charge in [0.2, 0.25) is 5.43 Å². The van der Waals surface area contributed by atoms with Crippen LogP contribution in [0.15, 0.2) is 23.1 Å². The molecule has 3 aliphatic rings. The number of nitrogens with zero attached hydrogens (tertiary/aromatic N) is 3. The largest absolute Gasteiger partial charge is 0.477 e. The Morgan fingerprint density at radius 2 is 2.11 bits per heavy atom. The average molecular weight is 372 g/mol. The van der Waals surface area contributed by atoms with E-state index in [-0.39, 0.29) is 16.5 Å². The van der Waals surface area contributed by atoms with E-state index in [0.717, 1.165) is 38.2 Å². The van der Waals surface area contributed by atoms with Crippen molar-refractivity contribution in [2.75, 3.05) is 18.0 Å². The van der Waals surface area contributed by atoms with E-state index in [1.54, 1.807) is 12.1 Å². The number of anilines is 1. The van der Waals surface area contributed by atoms with Gasteiger partial charge in [-0.05, 0) is 37.3 Å². The number of hydrogen-bond donors (Lipinski definition) is 2. The Morgan fingerprint density at radius 1 is 1.37 bits per heavy atom. The lowest BCUT2D eigenvalue weighted by Gasteiger charge is -2.21. The molecule has 3 N–H and O–H groups in total. The zero-order valence-corrected chi connectivity index (χ0v) is 14.8. The van der Waals surface area contributed by atoms with E-state index >= 15 is 0 Å². The van der Waals surface area contributed by atoms with Gasteiger partial charge in [-0.15, -0.1) is 0 Å². The molecule has 27 heavy (non-hydrogen) atoms. The summed E-state index contributed by atoms with van der Waals surface area (Å²) in [6.07, 6.45) is 3.65. The number of nitrogens with two attached hydrogens (primary N) is 1. The van der Waals surface area contributed by atoms with Gasteiger partial charge in [-0.25, -0.2) is 14.2 Å². The van der Waals surface area contributed by atoms with E-state index in [2.05, 4.69) is 9.88 Å². The lowest BCUT2D eigenvalue weighted by atomic mass is 9.98. The number of carboxylic acids is 1. The molecule has 3 fully saturated rings. The Kier molecular flexibility index (Phi) is 3.40. The molecule has 2 saturated carbocycles. The highest BCUT2D eigenvalue weighted by Gasteiger charge is 2.48. The summed E-state index contributed by atoms with van der Waals surface area (Å²) in [6, 6.07) is 2.90. The standard InChI is InChI=1S/C19H21FN4O3/c20-13-7-14(13)24-9-12(18(26)27)16(25)11-1-2-15(22-17(11)24)23-6-3-10(8-23)19(21)4-5-19/h1-2,9-10,13-14H,3-8,21H2,(H,26,27)/t10-,13+,14?/m1/s1. The van der Waals surface area contributed by atoms with Crippen LogP contribution in [-0.4, -0.2) is 45.4 Å². The summed E-state index contributed by atoms with van der Waals surface area (Å²) >= 11 is 0. The molecule has 2 aliphatic carbocycles. The Morgan fingerprint density at radius 3 is 2.74 bits per heavy atom. The fraction of sp³-hybridized carbons (Fsp3) is 0.526. The molecule has 3 atom stereocenters. The van der Waals surface area contributed by atoms with Gasteiger partial charge < -0.3 is 20.3 Å². The van der Waals surface area contributed by atoms with Crippen LogP contribution < -0.4 is 16.1 Å². The molecule has 1 saturated heterocycles. The first-order valence-electron chi connectivity index (χ1n) is 9.34. The number of hydrogen-bond acceptors (Lipinski definition) is 5. The molecule has 0 bridgehead atoms. The number of aromatic nitrogens is 2. The van der Waals surface area contributed by atoms with Crippen molar-refractivity contribution in [3.05, 3.63) is 34.1 Å². The third-order valence-electron chi connectivity index (χ3n) is 6.28. The summed E-state index contributed by atoms with van der Waals surface area (Å²) < 4.78 is 15.2. The third kappa shape index (κ3) is 2.62. The third-order valence-corrected chi connectivity index (χ3v) is 6.28. The van der Waals surface area contributed by atoms with Crippen LogP contribution in [0.3, 0.4) is 0 Å². The molecule has 3 heterocycles. The lowest BCUT2D eigenvalue weighted by Crippen LogP contribution is -2.34. The zero-order chi connectivity index (χ0) is 18.9. The molecule has 2 aromatic rings. The van der Waals surface area contributed by atoms with Gasteiger partial charge in [-0.1, -0.05) is 0 Å². The van der Waals surface area contributed by atoms with Gasteiger partial charge in [0.25, 0.3) is 0 Å². The van der Waals surface area contributed by atoms with Crippen molar-refractivity contribution in [3.8, 4) is 0 Å². The van der Waals surface area contributed by atoms with Crippen LogP contribution in [0.25, 0.3) is 11.0 Å². The van der Waals surface area contributed by atoms with Gasteiger partial charge in [0, 0.05) is 31.2 Å². The highest BCUT2D eigenvalue weighted by atomic mass is 19.1. The summed E-state index contributed by atoms with van der Waals surface area (Å²) in [6.45, 7) is 1.66. The molecule has 0 amide bonds. The quantitative estimate of drug-likeness (QED) is 0.847. The summed E-state index contributed by atoms with van der Waals surface area (Å²) in [5.74, 6) is -0.150. The number of alkyl halides is 1. The summed E-state index contributed by atoms with van der Waals surface area (Å²) in [4.78, 5) is 30.7. The normalized spacial score (nSPS) is 28.5. The molecule has 2 aromatic heterocycles. The van der Waals surface area contributed by atoms with Crippen molar-refractivity contribution in [3.63, 3.8) is 0 Å². The first kappa shape index (κ1) is 16.7. The maximum atomic E-state index is 13.7. The van der Waals surface area contributed by atoms with Gasteiger partial charge in [-0.2, -0.15) is 0 Å². The second-order valence-electron chi connectivity index (χ2n) is 8.11. The number of rotatable bonds is 4. The fourth-order valence-corrected chi connectivity index (χ4v) is 4.23. The molecule has 0 radical (unpaired) electrons. The predicted molar refractivity (Wildman–Crippen MR) is 98.0 cm³/mol. The minimum atomic E-state index is -1.31. The van der Waals surface area contributed by atoms with E-state index in [1.807, 2.05) is 0 Å². The molecule has 1 aliphatic heterocycles. The maximum absolute atomic E-state index is 13.7. The van der Waals surface area contributed by atoms with Crippen LogP contribution in [-0.2, 0) is 0 Å². The summed E-state index contributed by atoms with van der Waals surface area (Å²) in [7, 11) is 0. The Hall–Kier alpha value is -2.48. The number of carboxylic acid groups (broad SMARTS) is 1. The van der Waals surface area contributed by atoms with Crippen LogP contribution >= 0.6 is 0 Å². The minimum Gasteiger partial charge on any atom is -0.477 e. The molecule has 1 unspecified atom stereocenters.